The van der Waals surface area contributed by atoms with E-state index in [-0.39, 0.29) is 10.6 Å². The maximum absolute atomic E-state index is 6.50. The molecule has 7 heteroatoms. The van der Waals surface area contributed by atoms with Crippen molar-refractivity contribution >= 4 is 25.5 Å². The van der Waals surface area contributed by atoms with Crippen molar-refractivity contribution in [1.82, 2.24) is 14.4 Å². The number of nitrogens with one attached hydrogen (secondary N) is 1. The van der Waals surface area contributed by atoms with E-state index in [1.807, 2.05) is 28.9 Å². The van der Waals surface area contributed by atoms with Crippen LogP contribution in [0.5, 0.6) is 0 Å². The van der Waals surface area contributed by atoms with E-state index in [0.29, 0.717) is 6.61 Å². The van der Waals surface area contributed by atoms with Crippen LogP contribution < -0.4 is 11.1 Å². The molecule has 30 heavy (non-hydrogen) atoms. The van der Waals surface area contributed by atoms with Gasteiger partial charge in [0.05, 0.1) is 12.3 Å². The van der Waals surface area contributed by atoms with Gasteiger partial charge in [0.1, 0.15) is 0 Å². The summed E-state index contributed by atoms with van der Waals surface area (Å²) in [6.07, 6.45) is 5.72. The predicted octanol–water partition coefficient (Wildman–Crippen LogP) is 5.71. The topological polar surface area (TPSA) is 77.5 Å². The molecule has 0 bridgehead atoms. The number of anilines is 2. The summed E-state index contributed by atoms with van der Waals surface area (Å²) < 4.78 is 8.50. The van der Waals surface area contributed by atoms with E-state index in [1.54, 1.807) is 6.20 Å². The third-order valence-electron chi connectivity index (χ3n) is 5.74. The molecule has 0 saturated heterocycles. The number of imidazole rings is 1. The van der Waals surface area contributed by atoms with Gasteiger partial charge in [-0.1, -0.05) is 32.9 Å². The van der Waals surface area contributed by atoms with Crippen LogP contribution in [0.4, 0.5) is 11.5 Å². The predicted molar refractivity (Wildman–Crippen MR) is 128 cm³/mol. The van der Waals surface area contributed by atoms with Gasteiger partial charge < -0.3 is 19.9 Å². The minimum absolute atomic E-state index is 0.133. The molecule has 0 aliphatic carbocycles. The number of rotatable bonds is 5. The molecule has 0 spiro atoms. The summed E-state index contributed by atoms with van der Waals surface area (Å²) in [6.45, 7) is 18.1. The summed E-state index contributed by atoms with van der Waals surface area (Å²) in [5.74, 6) is 0.753. The molecule has 0 unspecified atom stereocenters. The number of nitrogens with zero attached hydrogens (tertiary/aromatic N) is 3. The van der Waals surface area contributed by atoms with Crippen molar-refractivity contribution in [3.8, 4) is 11.3 Å². The second-order valence-electron chi connectivity index (χ2n) is 10.4. The minimum Gasteiger partial charge on any atom is -0.412 e. The van der Waals surface area contributed by atoms with E-state index in [4.69, 9.17) is 15.1 Å². The highest BCUT2D eigenvalue weighted by Crippen LogP contribution is 2.38. The number of nitrogens with two attached hydrogens (primary N) is 1. The Hall–Kier alpha value is -2.38. The van der Waals surface area contributed by atoms with Crippen LogP contribution >= 0.6 is 0 Å². The van der Waals surface area contributed by atoms with E-state index in [1.165, 1.54) is 0 Å². The summed E-state index contributed by atoms with van der Waals surface area (Å²) in [4.78, 5) is 9.40. The highest BCUT2D eigenvalue weighted by atomic mass is 28.4. The Morgan fingerprint density at radius 2 is 1.83 bits per heavy atom. The quantitative estimate of drug-likeness (QED) is 0.404. The number of hydrogen-bond acceptors (Lipinski definition) is 5. The zero-order valence-electron chi connectivity index (χ0n) is 19.5. The molecule has 6 nitrogen and oxygen atoms in total. The number of benzene rings is 1. The average Bonchev–Trinajstić information content (AvgIpc) is 3.07. The van der Waals surface area contributed by atoms with E-state index in [9.17, 15) is 0 Å². The first-order valence-corrected chi connectivity index (χ1v) is 13.3. The molecule has 0 atom stereocenters. The zero-order chi connectivity index (χ0) is 22.3. The van der Waals surface area contributed by atoms with Gasteiger partial charge >= 0.3 is 0 Å². The third-order valence-corrected chi connectivity index (χ3v) is 10.2. The Morgan fingerprint density at radius 1 is 1.13 bits per heavy atom. The number of aromatic nitrogens is 3. The molecule has 2 aromatic heterocycles. The maximum atomic E-state index is 6.50. The van der Waals surface area contributed by atoms with Crippen molar-refractivity contribution in [2.45, 2.75) is 71.8 Å². The normalized spacial score (nSPS) is 13.1. The summed E-state index contributed by atoms with van der Waals surface area (Å²) in [6, 6.07) is 5.96. The van der Waals surface area contributed by atoms with Gasteiger partial charge in [0.2, 0.25) is 0 Å². The van der Waals surface area contributed by atoms with Gasteiger partial charge in [0, 0.05) is 40.9 Å². The lowest BCUT2D eigenvalue weighted by atomic mass is 10.0. The molecular weight excluding hydrogens is 390 g/mol. The fraction of sp³-hybridized carbons (Fsp3) is 0.478. The van der Waals surface area contributed by atoms with E-state index in [2.05, 4.69) is 71.0 Å². The van der Waals surface area contributed by atoms with Crippen LogP contribution in [0.1, 0.15) is 47.1 Å². The zero-order valence-corrected chi connectivity index (χ0v) is 20.5. The highest BCUT2D eigenvalue weighted by molar-refractivity contribution is 6.74. The largest absolute Gasteiger partial charge is 0.412 e. The second-order valence-corrected chi connectivity index (χ2v) is 15.2. The lowest BCUT2D eigenvalue weighted by Crippen LogP contribution is -2.40. The molecule has 3 N–H and O–H groups in total. The fourth-order valence-electron chi connectivity index (χ4n) is 2.98. The monoisotopic (exact) mass is 425 g/mol. The van der Waals surface area contributed by atoms with Crippen molar-refractivity contribution in [2.75, 3.05) is 11.1 Å². The summed E-state index contributed by atoms with van der Waals surface area (Å²) in [7, 11) is -1.91. The summed E-state index contributed by atoms with van der Waals surface area (Å²) >= 11 is 0. The Balaban J connectivity index is 2.06. The van der Waals surface area contributed by atoms with Gasteiger partial charge in [-0.25, -0.2) is 9.97 Å². The molecule has 3 rings (SSSR count). The Kier molecular flexibility index (Phi) is 5.73. The molecule has 3 aromatic rings. The Bertz CT molecular complexity index is 1040. The number of nitrogen functional groups attached to an aromatic ring is 1. The molecule has 0 amide bonds. The molecule has 0 aliphatic rings. The molecule has 0 radical (unpaired) electrons. The van der Waals surface area contributed by atoms with Crippen LogP contribution in [0.3, 0.4) is 0 Å². The molecule has 162 valence electrons. The van der Waals surface area contributed by atoms with Crippen LogP contribution in [-0.4, -0.2) is 28.2 Å². The van der Waals surface area contributed by atoms with Crippen molar-refractivity contribution < 1.29 is 4.43 Å². The van der Waals surface area contributed by atoms with Gasteiger partial charge in [-0.15, -0.1) is 0 Å². The van der Waals surface area contributed by atoms with Crippen LogP contribution in [0.2, 0.25) is 18.1 Å². The first kappa shape index (κ1) is 22.3. The SMILES string of the molecule is CC(C)(C)Nc1nc(-c2cccc(N)c2CO[Si](C)(C)C(C)(C)C)cn2ccnc12. The lowest BCUT2D eigenvalue weighted by Gasteiger charge is -2.36. The van der Waals surface area contributed by atoms with Crippen LogP contribution in [-0.2, 0) is 11.0 Å². The molecule has 0 fully saturated rings. The standard InChI is InChI=1S/C23H35N5OSi/c1-22(2,3)27-20-21-25-12-13-28(21)14-19(26-20)16-10-9-11-18(24)17(16)15-29-30(7,8)23(4,5)6/h9-14H,15,24H2,1-8H3,(H,26,27). The highest BCUT2D eigenvalue weighted by Gasteiger charge is 2.37. The lowest BCUT2D eigenvalue weighted by molar-refractivity contribution is 0.277. The van der Waals surface area contributed by atoms with Crippen LogP contribution in [0.15, 0.2) is 36.8 Å². The van der Waals surface area contributed by atoms with Crippen LogP contribution in [0.25, 0.3) is 16.9 Å². The first-order chi connectivity index (χ1) is 13.8. The van der Waals surface area contributed by atoms with Gasteiger partial charge in [0.25, 0.3) is 0 Å². The number of fused-ring (bicyclic) bond motifs is 1. The Labute approximate surface area is 181 Å². The third kappa shape index (κ3) is 4.68. The number of hydrogen-bond donors (Lipinski definition) is 2. The van der Waals surface area contributed by atoms with E-state index in [0.717, 1.165) is 34.0 Å². The van der Waals surface area contributed by atoms with Crippen LogP contribution in [0, 0.1) is 0 Å². The van der Waals surface area contributed by atoms with Gasteiger partial charge in [-0.05, 0) is 45.0 Å². The van der Waals surface area contributed by atoms with E-state index < -0.39 is 8.32 Å². The molecule has 2 heterocycles. The minimum atomic E-state index is -1.91. The van der Waals surface area contributed by atoms with Crippen molar-refractivity contribution in [1.29, 1.82) is 0 Å². The van der Waals surface area contributed by atoms with Crippen molar-refractivity contribution in [2.24, 2.45) is 0 Å². The second kappa shape index (κ2) is 7.70. The van der Waals surface area contributed by atoms with Gasteiger partial charge in [-0.2, -0.15) is 0 Å². The molecule has 1 aromatic carbocycles. The summed E-state index contributed by atoms with van der Waals surface area (Å²) in [5, 5.41) is 3.61. The smallest absolute Gasteiger partial charge is 0.192 e. The van der Waals surface area contributed by atoms with Crippen molar-refractivity contribution in [3.05, 3.63) is 42.4 Å². The van der Waals surface area contributed by atoms with Gasteiger partial charge in [-0.3, -0.25) is 0 Å². The molecular formula is C23H35N5OSi. The summed E-state index contributed by atoms with van der Waals surface area (Å²) in [5.41, 5.74) is 10.6. The molecule has 0 aliphatic heterocycles. The fourth-order valence-corrected chi connectivity index (χ4v) is 3.91. The average molecular weight is 426 g/mol. The van der Waals surface area contributed by atoms with E-state index >= 15 is 0 Å². The molecule has 0 saturated carbocycles. The van der Waals surface area contributed by atoms with Crippen molar-refractivity contribution in [3.63, 3.8) is 0 Å². The Morgan fingerprint density at radius 3 is 2.47 bits per heavy atom. The van der Waals surface area contributed by atoms with Gasteiger partial charge in [0.15, 0.2) is 19.8 Å². The first-order valence-electron chi connectivity index (χ1n) is 10.4. The maximum Gasteiger partial charge on any atom is 0.192 e.